The number of carbonyl (C=O) groups is 1. The largest absolute Gasteiger partial charge is 0.476 e. The van der Waals surface area contributed by atoms with Crippen LogP contribution in [0.25, 0.3) is 10.9 Å². The molecule has 0 unspecified atom stereocenters. The number of hydrogen-bond acceptors (Lipinski definition) is 5. The average molecular weight is 263 g/mol. The first-order valence-electron chi connectivity index (χ1n) is 5.65. The van der Waals surface area contributed by atoms with E-state index in [9.17, 15) is 9.59 Å². The summed E-state index contributed by atoms with van der Waals surface area (Å²) >= 11 is 0. The topological polar surface area (TPSA) is 98.2 Å². The minimum absolute atomic E-state index is 0.00736. The first kappa shape index (κ1) is 13.0. The summed E-state index contributed by atoms with van der Waals surface area (Å²) in [6.07, 6.45) is 1.78. The molecule has 0 radical (unpaired) electrons. The molecule has 0 aliphatic heterocycles. The molecular weight excluding hydrogens is 250 g/mol. The maximum atomic E-state index is 12.1. The molecule has 0 spiro atoms. The lowest BCUT2D eigenvalue weighted by molar-refractivity contribution is 0.0690. The number of aryl methyl sites for hydroxylation is 1. The van der Waals surface area contributed by atoms with Gasteiger partial charge in [0, 0.05) is 0 Å². The maximum Gasteiger partial charge on any atom is 0.357 e. The van der Waals surface area contributed by atoms with Crippen molar-refractivity contribution in [2.75, 3.05) is 0 Å². The van der Waals surface area contributed by atoms with Gasteiger partial charge in [-0.2, -0.15) is 5.10 Å². The van der Waals surface area contributed by atoms with Gasteiger partial charge in [-0.3, -0.25) is 4.79 Å². The van der Waals surface area contributed by atoms with E-state index in [1.807, 2.05) is 13.8 Å². The summed E-state index contributed by atoms with van der Waals surface area (Å²) < 4.78 is 5.96. The van der Waals surface area contributed by atoms with Crippen LogP contribution in [0.3, 0.4) is 0 Å². The van der Waals surface area contributed by atoms with E-state index in [-0.39, 0.29) is 28.9 Å². The van der Waals surface area contributed by atoms with E-state index in [1.54, 1.807) is 13.0 Å². The second-order valence-electron chi connectivity index (χ2n) is 4.38. The Kier molecular flexibility index (Phi) is 3.20. The van der Waals surface area contributed by atoms with E-state index in [1.165, 1.54) is 0 Å². The minimum Gasteiger partial charge on any atom is -0.476 e. The van der Waals surface area contributed by atoms with Gasteiger partial charge in [-0.1, -0.05) is 16.8 Å². The molecule has 2 heterocycles. The van der Waals surface area contributed by atoms with Gasteiger partial charge >= 0.3 is 5.97 Å². The molecule has 0 bridgehead atoms. The maximum absolute atomic E-state index is 12.1. The zero-order chi connectivity index (χ0) is 14.2. The summed E-state index contributed by atoms with van der Waals surface area (Å²) in [5, 5.41) is 16.8. The highest BCUT2D eigenvalue weighted by Crippen LogP contribution is 2.17. The van der Waals surface area contributed by atoms with Gasteiger partial charge in [0.05, 0.1) is 11.9 Å². The van der Waals surface area contributed by atoms with Crippen molar-refractivity contribution in [3.8, 4) is 0 Å². The third-order valence-electron chi connectivity index (χ3n) is 2.63. The highest BCUT2D eigenvalue weighted by Gasteiger charge is 2.21. The normalized spacial score (nSPS) is 10.7. The number of fused-ring (bicyclic) bond motifs is 1. The van der Waals surface area contributed by atoms with Crippen LogP contribution < -0.4 is 5.56 Å². The standard InChI is InChI=1S/C12H13N3O4/c1-6(2)4-5-15-11(16)9-8(7(3)19-14-9)10(13-15)12(17)18/h4H,5H2,1-3H3,(H,17,18). The van der Waals surface area contributed by atoms with Crippen molar-refractivity contribution < 1.29 is 14.4 Å². The van der Waals surface area contributed by atoms with Gasteiger partial charge in [-0.05, 0) is 20.8 Å². The first-order valence-corrected chi connectivity index (χ1v) is 5.65. The molecule has 2 aromatic heterocycles. The van der Waals surface area contributed by atoms with Gasteiger partial charge in [-0.25, -0.2) is 9.48 Å². The van der Waals surface area contributed by atoms with Gasteiger partial charge in [-0.15, -0.1) is 0 Å². The van der Waals surface area contributed by atoms with Crippen molar-refractivity contribution >= 4 is 16.9 Å². The Bertz CT molecular complexity index is 735. The van der Waals surface area contributed by atoms with Gasteiger partial charge in [0.15, 0.2) is 11.2 Å². The van der Waals surface area contributed by atoms with Crippen LogP contribution in [0.2, 0.25) is 0 Å². The van der Waals surface area contributed by atoms with Crippen molar-refractivity contribution in [3.63, 3.8) is 0 Å². The Balaban J connectivity index is 2.74. The monoisotopic (exact) mass is 263 g/mol. The summed E-state index contributed by atoms with van der Waals surface area (Å²) in [4.78, 5) is 23.3. The molecule has 19 heavy (non-hydrogen) atoms. The molecule has 7 nitrogen and oxygen atoms in total. The number of hydrogen-bond donors (Lipinski definition) is 1. The smallest absolute Gasteiger partial charge is 0.357 e. The van der Waals surface area contributed by atoms with Crippen LogP contribution in [-0.4, -0.2) is 26.0 Å². The van der Waals surface area contributed by atoms with E-state index in [0.717, 1.165) is 10.3 Å². The number of carboxylic acid groups (broad SMARTS) is 1. The lowest BCUT2D eigenvalue weighted by Gasteiger charge is -2.03. The SMILES string of the molecule is CC(C)=CCn1nc(C(=O)O)c2c(C)onc2c1=O. The molecule has 0 aliphatic rings. The number of rotatable bonds is 3. The molecule has 2 aromatic rings. The molecule has 0 aliphatic carbocycles. The fourth-order valence-corrected chi connectivity index (χ4v) is 1.68. The van der Waals surface area contributed by atoms with Crippen LogP contribution in [0, 0.1) is 6.92 Å². The molecule has 0 aromatic carbocycles. The Hall–Kier alpha value is -2.44. The second kappa shape index (κ2) is 4.68. The summed E-state index contributed by atoms with van der Waals surface area (Å²) in [6.45, 7) is 5.50. The summed E-state index contributed by atoms with van der Waals surface area (Å²) in [7, 11) is 0. The van der Waals surface area contributed by atoms with Gasteiger partial charge in [0.2, 0.25) is 0 Å². The molecule has 0 amide bonds. The Morgan fingerprint density at radius 3 is 2.74 bits per heavy atom. The Morgan fingerprint density at radius 1 is 1.47 bits per heavy atom. The summed E-state index contributed by atoms with van der Waals surface area (Å²) in [5.74, 6) is -0.950. The number of allylic oxidation sites excluding steroid dienone is 2. The third kappa shape index (κ3) is 2.26. The third-order valence-corrected chi connectivity index (χ3v) is 2.63. The zero-order valence-electron chi connectivity index (χ0n) is 10.8. The van der Waals surface area contributed by atoms with Crippen LogP contribution in [-0.2, 0) is 6.54 Å². The van der Waals surface area contributed by atoms with Gasteiger partial charge < -0.3 is 9.63 Å². The zero-order valence-corrected chi connectivity index (χ0v) is 10.8. The van der Waals surface area contributed by atoms with Crippen LogP contribution >= 0.6 is 0 Å². The predicted octanol–water partition coefficient (Wildman–Crippen LogP) is 1.36. The minimum atomic E-state index is -1.22. The Morgan fingerprint density at radius 2 is 2.16 bits per heavy atom. The summed E-state index contributed by atoms with van der Waals surface area (Å²) in [5.41, 5.74) is 0.305. The van der Waals surface area contributed by atoms with Crippen molar-refractivity contribution in [3.05, 3.63) is 33.5 Å². The molecule has 7 heteroatoms. The quantitative estimate of drug-likeness (QED) is 0.839. The molecule has 100 valence electrons. The van der Waals surface area contributed by atoms with Crippen molar-refractivity contribution in [1.82, 2.24) is 14.9 Å². The molecule has 2 rings (SSSR count). The van der Waals surface area contributed by atoms with Crippen molar-refractivity contribution in [1.29, 1.82) is 0 Å². The molecule has 0 fully saturated rings. The molecule has 0 saturated carbocycles. The average Bonchev–Trinajstić information content (AvgIpc) is 2.71. The number of aromatic nitrogens is 3. The van der Waals surface area contributed by atoms with E-state index < -0.39 is 11.5 Å². The number of aromatic carboxylic acids is 1. The van der Waals surface area contributed by atoms with Crippen molar-refractivity contribution in [2.45, 2.75) is 27.3 Å². The van der Waals surface area contributed by atoms with Crippen molar-refractivity contribution in [2.24, 2.45) is 0 Å². The van der Waals surface area contributed by atoms with E-state index in [0.29, 0.717) is 0 Å². The van der Waals surface area contributed by atoms with Gasteiger partial charge in [0.1, 0.15) is 5.76 Å². The second-order valence-corrected chi connectivity index (χ2v) is 4.38. The van der Waals surface area contributed by atoms with E-state index in [2.05, 4.69) is 10.3 Å². The lowest BCUT2D eigenvalue weighted by Crippen LogP contribution is -2.25. The highest BCUT2D eigenvalue weighted by atomic mass is 16.5. The highest BCUT2D eigenvalue weighted by molar-refractivity contribution is 6.00. The van der Waals surface area contributed by atoms with Crippen LogP contribution in [0.15, 0.2) is 21.0 Å². The Labute approximate surface area is 108 Å². The van der Waals surface area contributed by atoms with Crippen LogP contribution in [0.1, 0.15) is 30.1 Å². The fourth-order valence-electron chi connectivity index (χ4n) is 1.68. The molecule has 0 atom stereocenters. The first-order chi connectivity index (χ1) is 8.91. The fraction of sp³-hybridized carbons (Fsp3) is 0.333. The molecule has 1 N–H and O–H groups in total. The van der Waals surface area contributed by atoms with E-state index >= 15 is 0 Å². The van der Waals surface area contributed by atoms with E-state index in [4.69, 9.17) is 9.63 Å². The molecule has 0 saturated heterocycles. The molecular formula is C12H13N3O4. The number of carboxylic acids is 1. The van der Waals surface area contributed by atoms with Crippen LogP contribution in [0.5, 0.6) is 0 Å². The van der Waals surface area contributed by atoms with Crippen LogP contribution in [0.4, 0.5) is 0 Å². The van der Waals surface area contributed by atoms with Gasteiger partial charge in [0.25, 0.3) is 5.56 Å². The number of nitrogens with zero attached hydrogens (tertiary/aromatic N) is 3. The summed E-state index contributed by atoms with van der Waals surface area (Å²) in [6, 6.07) is 0. The lowest BCUT2D eigenvalue weighted by atomic mass is 10.2. The predicted molar refractivity (Wildman–Crippen MR) is 67.2 cm³/mol.